The summed E-state index contributed by atoms with van der Waals surface area (Å²) in [5.74, 6) is 0.101. The fraction of sp³-hybridized carbons (Fsp3) is 0.533. The minimum absolute atomic E-state index is 0.0981. The number of amides is 1. The first-order valence-electron chi connectivity index (χ1n) is 6.78. The van der Waals surface area contributed by atoms with Gasteiger partial charge in [-0.2, -0.15) is 0 Å². The lowest BCUT2D eigenvalue weighted by Gasteiger charge is -2.41. The maximum Gasteiger partial charge on any atom is 0.252 e. The number of nitrogens with zero attached hydrogens (tertiary/aromatic N) is 1. The van der Waals surface area contributed by atoms with Crippen molar-refractivity contribution in [1.29, 1.82) is 0 Å². The van der Waals surface area contributed by atoms with Gasteiger partial charge in [-0.15, -0.1) is 0 Å². The van der Waals surface area contributed by atoms with E-state index in [0.717, 1.165) is 31.5 Å². The maximum absolute atomic E-state index is 12.0. The van der Waals surface area contributed by atoms with Gasteiger partial charge in [0.25, 0.3) is 5.91 Å². The van der Waals surface area contributed by atoms with Gasteiger partial charge < -0.3 is 10.2 Å². The van der Waals surface area contributed by atoms with Crippen molar-refractivity contribution in [2.75, 3.05) is 13.1 Å². The summed E-state index contributed by atoms with van der Waals surface area (Å²) in [5.41, 5.74) is 1.98. The highest BCUT2D eigenvalue weighted by Crippen LogP contribution is 2.39. The number of carbonyl (C=O) groups excluding carboxylic acids is 1. The first-order valence-corrected chi connectivity index (χ1v) is 6.78. The Morgan fingerprint density at radius 3 is 2.56 bits per heavy atom. The summed E-state index contributed by atoms with van der Waals surface area (Å²) in [6.07, 6.45) is 2.04. The summed E-state index contributed by atoms with van der Waals surface area (Å²) >= 11 is 0. The van der Waals surface area contributed by atoms with E-state index in [1.54, 1.807) is 0 Å². The zero-order chi connectivity index (χ0) is 12.8. The van der Waals surface area contributed by atoms with Gasteiger partial charge in [-0.3, -0.25) is 4.79 Å². The summed E-state index contributed by atoms with van der Waals surface area (Å²) in [4.78, 5) is 14.5. The van der Waals surface area contributed by atoms with Gasteiger partial charge in [0.2, 0.25) is 0 Å². The van der Waals surface area contributed by atoms with Crippen LogP contribution in [-0.2, 0) is 5.54 Å². The second kappa shape index (κ2) is 4.09. The molecule has 2 heterocycles. The Kier molecular flexibility index (Phi) is 2.67. The summed E-state index contributed by atoms with van der Waals surface area (Å²) in [6, 6.07) is 8.62. The number of benzene rings is 1. The van der Waals surface area contributed by atoms with Gasteiger partial charge in [0.05, 0.1) is 5.54 Å². The molecule has 1 aromatic rings. The molecule has 0 saturated carbocycles. The van der Waals surface area contributed by atoms with E-state index >= 15 is 0 Å². The van der Waals surface area contributed by atoms with Gasteiger partial charge in [-0.25, -0.2) is 0 Å². The Balaban J connectivity index is 1.89. The molecule has 1 spiro atoms. The third-order valence-corrected chi connectivity index (χ3v) is 4.42. The van der Waals surface area contributed by atoms with Crippen molar-refractivity contribution >= 4 is 5.91 Å². The van der Waals surface area contributed by atoms with E-state index in [-0.39, 0.29) is 11.4 Å². The monoisotopic (exact) mass is 244 g/mol. The molecule has 96 valence electrons. The highest BCUT2D eigenvalue weighted by molar-refractivity contribution is 6.00. The molecule has 3 nitrogen and oxygen atoms in total. The summed E-state index contributed by atoms with van der Waals surface area (Å²) in [6.45, 7) is 6.59. The van der Waals surface area contributed by atoms with Gasteiger partial charge in [0.1, 0.15) is 0 Å². The topological polar surface area (TPSA) is 32.3 Å². The SMILES string of the molecule is CC(C)N1CCC2(CC1)NC(=O)c1ccccc12. The van der Waals surface area contributed by atoms with Crippen LogP contribution in [0.1, 0.15) is 42.6 Å². The van der Waals surface area contributed by atoms with E-state index in [0.29, 0.717) is 6.04 Å². The first-order chi connectivity index (χ1) is 8.62. The molecule has 2 aliphatic rings. The smallest absolute Gasteiger partial charge is 0.252 e. The number of hydrogen-bond acceptors (Lipinski definition) is 2. The molecule has 0 aliphatic carbocycles. The van der Waals surface area contributed by atoms with Crippen LogP contribution in [0, 0.1) is 0 Å². The van der Waals surface area contributed by atoms with Crippen LogP contribution in [0.25, 0.3) is 0 Å². The lowest BCUT2D eigenvalue weighted by Crippen LogP contribution is -2.50. The number of rotatable bonds is 1. The number of nitrogens with one attached hydrogen (secondary N) is 1. The van der Waals surface area contributed by atoms with Crippen molar-refractivity contribution in [3.63, 3.8) is 0 Å². The summed E-state index contributed by atoms with van der Waals surface area (Å²) < 4.78 is 0. The zero-order valence-electron chi connectivity index (χ0n) is 11.1. The van der Waals surface area contributed by atoms with Crippen LogP contribution < -0.4 is 5.32 Å². The number of piperidine rings is 1. The molecule has 1 aromatic carbocycles. The molecular weight excluding hydrogens is 224 g/mol. The highest BCUT2D eigenvalue weighted by Gasteiger charge is 2.44. The predicted octanol–water partition coefficient (Wildman–Crippen LogP) is 2.13. The molecule has 1 amide bonds. The van der Waals surface area contributed by atoms with Gasteiger partial charge in [-0.05, 0) is 38.3 Å². The molecule has 1 saturated heterocycles. The molecule has 1 fully saturated rings. The van der Waals surface area contributed by atoms with Crippen molar-refractivity contribution in [2.24, 2.45) is 0 Å². The lowest BCUT2D eigenvalue weighted by molar-refractivity contribution is 0.0827. The molecule has 0 unspecified atom stereocenters. The van der Waals surface area contributed by atoms with Crippen molar-refractivity contribution in [3.8, 4) is 0 Å². The molecule has 1 N–H and O–H groups in total. The second-order valence-electron chi connectivity index (χ2n) is 5.71. The van der Waals surface area contributed by atoms with E-state index in [1.807, 2.05) is 18.2 Å². The predicted molar refractivity (Wildman–Crippen MR) is 71.5 cm³/mol. The van der Waals surface area contributed by atoms with E-state index in [9.17, 15) is 4.79 Å². The van der Waals surface area contributed by atoms with Gasteiger partial charge in [0, 0.05) is 24.7 Å². The fourth-order valence-electron chi connectivity index (χ4n) is 3.27. The summed E-state index contributed by atoms with van der Waals surface area (Å²) in [5, 5.41) is 3.23. The van der Waals surface area contributed by atoms with Crippen LogP contribution in [0.15, 0.2) is 24.3 Å². The molecule has 2 aliphatic heterocycles. The highest BCUT2D eigenvalue weighted by atomic mass is 16.2. The lowest BCUT2D eigenvalue weighted by atomic mass is 9.81. The fourth-order valence-corrected chi connectivity index (χ4v) is 3.27. The quantitative estimate of drug-likeness (QED) is 0.820. The Morgan fingerprint density at radius 2 is 1.89 bits per heavy atom. The van der Waals surface area contributed by atoms with E-state index in [2.05, 4.69) is 30.1 Å². The number of fused-ring (bicyclic) bond motifs is 2. The van der Waals surface area contributed by atoms with Gasteiger partial charge in [-0.1, -0.05) is 18.2 Å². The second-order valence-corrected chi connectivity index (χ2v) is 5.71. The van der Waals surface area contributed by atoms with Gasteiger partial charge >= 0.3 is 0 Å². The molecular formula is C15H20N2O. The Labute approximate surface area is 108 Å². The minimum atomic E-state index is -0.0981. The number of carbonyl (C=O) groups is 1. The Bertz CT molecular complexity index is 473. The van der Waals surface area contributed by atoms with E-state index < -0.39 is 0 Å². The average Bonchev–Trinajstić information content (AvgIpc) is 2.64. The maximum atomic E-state index is 12.0. The Morgan fingerprint density at radius 1 is 1.22 bits per heavy atom. The van der Waals surface area contributed by atoms with Crippen molar-refractivity contribution < 1.29 is 4.79 Å². The largest absolute Gasteiger partial charge is 0.342 e. The van der Waals surface area contributed by atoms with Crippen molar-refractivity contribution in [2.45, 2.75) is 38.3 Å². The number of likely N-dealkylation sites (tertiary alicyclic amines) is 1. The molecule has 3 rings (SSSR count). The average molecular weight is 244 g/mol. The third-order valence-electron chi connectivity index (χ3n) is 4.42. The van der Waals surface area contributed by atoms with Crippen molar-refractivity contribution in [3.05, 3.63) is 35.4 Å². The van der Waals surface area contributed by atoms with Crippen LogP contribution in [0.2, 0.25) is 0 Å². The Hall–Kier alpha value is -1.35. The van der Waals surface area contributed by atoms with E-state index in [1.165, 1.54) is 5.56 Å². The van der Waals surface area contributed by atoms with Crippen molar-refractivity contribution in [1.82, 2.24) is 10.2 Å². The molecule has 18 heavy (non-hydrogen) atoms. The van der Waals surface area contributed by atoms with Crippen LogP contribution in [-0.4, -0.2) is 29.9 Å². The molecule has 0 atom stereocenters. The third kappa shape index (κ3) is 1.65. The molecule has 0 bridgehead atoms. The minimum Gasteiger partial charge on any atom is -0.342 e. The number of hydrogen-bond donors (Lipinski definition) is 1. The first kappa shape index (κ1) is 11.7. The zero-order valence-corrected chi connectivity index (χ0v) is 11.1. The van der Waals surface area contributed by atoms with E-state index in [4.69, 9.17) is 0 Å². The normalized spacial score (nSPS) is 22.3. The van der Waals surface area contributed by atoms with Crippen LogP contribution in [0.4, 0.5) is 0 Å². The molecule has 3 heteroatoms. The van der Waals surface area contributed by atoms with Gasteiger partial charge in [0.15, 0.2) is 0 Å². The molecule has 0 radical (unpaired) electrons. The van der Waals surface area contributed by atoms with Crippen LogP contribution >= 0.6 is 0 Å². The summed E-state index contributed by atoms with van der Waals surface area (Å²) in [7, 11) is 0. The van der Waals surface area contributed by atoms with Crippen LogP contribution in [0.3, 0.4) is 0 Å². The standard InChI is InChI=1S/C15H20N2O/c1-11(2)17-9-7-15(8-10-17)13-6-4-3-5-12(13)14(18)16-15/h3-6,11H,7-10H2,1-2H3,(H,16,18). The molecule has 0 aromatic heterocycles. The van der Waals surface area contributed by atoms with Crippen LogP contribution in [0.5, 0.6) is 0 Å².